The first kappa shape index (κ1) is 19.1. The Bertz CT molecular complexity index is 976. The molecule has 3 aromatic rings. The number of furan rings is 1. The quantitative estimate of drug-likeness (QED) is 0.635. The number of hydrogen-bond acceptors (Lipinski definition) is 6. The number of carbonyl (C=O) groups excluding carboxylic acids is 1. The third kappa shape index (κ3) is 4.43. The molecule has 0 aliphatic carbocycles. The van der Waals surface area contributed by atoms with Crippen LogP contribution < -0.4 is 10.2 Å². The molecule has 1 fully saturated rings. The summed E-state index contributed by atoms with van der Waals surface area (Å²) in [7, 11) is 1.38. The number of anilines is 2. The second-order valence-electron chi connectivity index (χ2n) is 6.81. The summed E-state index contributed by atoms with van der Waals surface area (Å²) >= 11 is 0. The number of rotatable bonds is 6. The van der Waals surface area contributed by atoms with Crippen molar-refractivity contribution in [2.45, 2.75) is 6.54 Å². The minimum absolute atomic E-state index is 0.378. The van der Waals surface area contributed by atoms with Gasteiger partial charge in [-0.25, -0.2) is 4.79 Å². The summed E-state index contributed by atoms with van der Waals surface area (Å²) in [6, 6.07) is 19.4. The van der Waals surface area contributed by atoms with Crippen LogP contribution >= 0.6 is 0 Å². The smallest absolute Gasteiger partial charge is 0.338 e. The van der Waals surface area contributed by atoms with Crippen molar-refractivity contribution in [3.63, 3.8) is 0 Å². The van der Waals surface area contributed by atoms with E-state index < -0.39 is 0 Å². The van der Waals surface area contributed by atoms with E-state index >= 15 is 0 Å². The van der Waals surface area contributed by atoms with Crippen molar-refractivity contribution >= 4 is 17.3 Å². The van der Waals surface area contributed by atoms with Crippen molar-refractivity contribution in [1.29, 1.82) is 0 Å². The van der Waals surface area contributed by atoms with E-state index in [4.69, 9.17) is 13.9 Å². The summed E-state index contributed by atoms with van der Waals surface area (Å²) in [4.78, 5) is 14.3. The van der Waals surface area contributed by atoms with E-state index in [2.05, 4.69) is 22.3 Å². The molecule has 0 bridgehead atoms. The molecule has 4 rings (SSSR count). The van der Waals surface area contributed by atoms with Crippen molar-refractivity contribution in [2.75, 3.05) is 43.6 Å². The van der Waals surface area contributed by atoms with Crippen molar-refractivity contribution < 1.29 is 18.7 Å². The number of nitrogens with zero attached hydrogens (tertiary/aromatic N) is 1. The van der Waals surface area contributed by atoms with Crippen molar-refractivity contribution in [2.24, 2.45) is 0 Å². The Labute approximate surface area is 170 Å². The summed E-state index contributed by atoms with van der Waals surface area (Å²) < 4.78 is 16.3. The molecule has 0 amide bonds. The zero-order valence-electron chi connectivity index (χ0n) is 16.4. The topological polar surface area (TPSA) is 63.9 Å². The third-order valence-corrected chi connectivity index (χ3v) is 4.95. The van der Waals surface area contributed by atoms with Gasteiger partial charge in [0.25, 0.3) is 0 Å². The third-order valence-electron chi connectivity index (χ3n) is 4.95. The highest BCUT2D eigenvalue weighted by molar-refractivity contribution is 5.96. The summed E-state index contributed by atoms with van der Waals surface area (Å²) in [6.45, 7) is 3.89. The molecule has 0 saturated carbocycles. The van der Waals surface area contributed by atoms with Crippen molar-refractivity contribution in [3.05, 3.63) is 72.0 Å². The molecule has 1 saturated heterocycles. The van der Waals surface area contributed by atoms with Gasteiger partial charge in [-0.3, -0.25) is 0 Å². The van der Waals surface area contributed by atoms with Crippen LogP contribution in [-0.4, -0.2) is 39.4 Å². The van der Waals surface area contributed by atoms with E-state index in [0.717, 1.165) is 43.3 Å². The van der Waals surface area contributed by atoms with Gasteiger partial charge in [-0.05, 0) is 36.4 Å². The summed E-state index contributed by atoms with van der Waals surface area (Å²) in [6.07, 6.45) is 0. The summed E-state index contributed by atoms with van der Waals surface area (Å²) in [5.74, 6) is 1.05. The monoisotopic (exact) mass is 392 g/mol. The molecule has 2 aromatic carbocycles. The van der Waals surface area contributed by atoms with Gasteiger partial charge in [0.15, 0.2) is 0 Å². The van der Waals surface area contributed by atoms with Crippen LogP contribution in [0.1, 0.15) is 16.1 Å². The standard InChI is InChI=1S/C23H24N2O4/c1-27-23(26)21-8-3-2-7-20(21)22-10-9-19(29-22)16-24-17-5-4-6-18(15-17)25-11-13-28-14-12-25/h2-10,15,24H,11-14,16H2,1H3. The molecular formula is C23H24N2O4. The van der Waals surface area contributed by atoms with Gasteiger partial charge in [-0.15, -0.1) is 0 Å². The maximum atomic E-state index is 12.0. The number of morpholine rings is 1. The molecule has 2 heterocycles. The van der Waals surface area contributed by atoms with Gasteiger partial charge >= 0.3 is 5.97 Å². The zero-order valence-corrected chi connectivity index (χ0v) is 16.4. The fourth-order valence-corrected chi connectivity index (χ4v) is 3.43. The number of nitrogens with one attached hydrogen (secondary N) is 1. The molecule has 1 aromatic heterocycles. The van der Waals surface area contributed by atoms with E-state index in [-0.39, 0.29) is 5.97 Å². The van der Waals surface area contributed by atoms with E-state index in [9.17, 15) is 4.79 Å². The molecule has 1 aliphatic rings. The minimum atomic E-state index is -0.378. The summed E-state index contributed by atoms with van der Waals surface area (Å²) in [5, 5.41) is 3.41. The largest absolute Gasteiger partial charge is 0.465 e. The van der Waals surface area contributed by atoms with Gasteiger partial charge < -0.3 is 24.1 Å². The lowest BCUT2D eigenvalue weighted by molar-refractivity contribution is 0.0601. The highest BCUT2D eigenvalue weighted by Crippen LogP contribution is 2.27. The Balaban J connectivity index is 1.45. The maximum absolute atomic E-state index is 12.0. The first-order valence-corrected chi connectivity index (χ1v) is 9.67. The first-order valence-electron chi connectivity index (χ1n) is 9.67. The highest BCUT2D eigenvalue weighted by atomic mass is 16.5. The molecule has 1 N–H and O–H groups in total. The van der Waals surface area contributed by atoms with Gasteiger partial charge in [0.1, 0.15) is 11.5 Å². The number of carbonyl (C=O) groups is 1. The Morgan fingerprint density at radius 2 is 1.90 bits per heavy atom. The molecule has 0 spiro atoms. The SMILES string of the molecule is COC(=O)c1ccccc1-c1ccc(CNc2cccc(N3CCOCC3)c2)o1. The fourth-order valence-electron chi connectivity index (χ4n) is 3.43. The van der Waals surface area contributed by atoms with Gasteiger partial charge in [0.2, 0.25) is 0 Å². The van der Waals surface area contributed by atoms with Crippen molar-refractivity contribution in [3.8, 4) is 11.3 Å². The van der Waals surface area contributed by atoms with Crippen LogP contribution in [0.4, 0.5) is 11.4 Å². The molecule has 0 unspecified atom stereocenters. The molecule has 150 valence electrons. The number of ether oxygens (including phenoxy) is 2. The minimum Gasteiger partial charge on any atom is -0.465 e. The average Bonchev–Trinajstić information content (AvgIpc) is 3.27. The molecule has 6 heteroatoms. The number of methoxy groups -OCH3 is 1. The maximum Gasteiger partial charge on any atom is 0.338 e. The molecule has 1 aliphatic heterocycles. The average molecular weight is 392 g/mol. The van der Waals surface area contributed by atoms with Gasteiger partial charge in [0.05, 0.1) is 32.4 Å². The van der Waals surface area contributed by atoms with E-state index in [1.54, 1.807) is 6.07 Å². The second kappa shape index (κ2) is 8.84. The lowest BCUT2D eigenvalue weighted by Crippen LogP contribution is -2.36. The number of esters is 1. The Kier molecular flexibility index (Phi) is 5.81. The van der Waals surface area contributed by atoms with Crippen LogP contribution in [0.15, 0.2) is 65.1 Å². The predicted octanol–water partition coefficient (Wildman–Crippen LogP) is 4.18. The van der Waals surface area contributed by atoms with E-state index in [0.29, 0.717) is 17.9 Å². The second-order valence-corrected chi connectivity index (χ2v) is 6.81. The zero-order chi connectivity index (χ0) is 20.1. The molecule has 6 nitrogen and oxygen atoms in total. The van der Waals surface area contributed by atoms with E-state index in [1.165, 1.54) is 12.8 Å². The number of hydrogen-bond donors (Lipinski definition) is 1. The first-order chi connectivity index (χ1) is 14.2. The van der Waals surface area contributed by atoms with Crippen LogP contribution in [0.25, 0.3) is 11.3 Å². The van der Waals surface area contributed by atoms with Crippen LogP contribution in [0, 0.1) is 0 Å². The molecule has 0 atom stereocenters. The Hall–Kier alpha value is -3.25. The van der Waals surface area contributed by atoms with E-state index in [1.807, 2.05) is 42.5 Å². The Morgan fingerprint density at radius 1 is 1.07 bits per heavy atom. The normalized spacial score (nSPS) is 13.9. The van der Waals surface area contributed by atoms with Crippen LogP contribution in [-0.2, 0) is 16.0 Å². The van der Waals surface area contributed by atoms with Crippen LogP contribution in [0.3, 0.4) is 0 Å². The fraction of sp³-hybridized carbons (Fsp3) is 0.261. The predicted molar refractivity (Wildman–Crippen MR) is 112 cm³/mol. The van der Waals surface area contributed by atoms with Gasteiger partial charge in [-0.1, -0.05) is 24.3 Å². The summed E-state index contributed by atoms with van der Waals surface area (Å²) in [5.41, 5.74) is 3.43. The number of benzene rings is 2. The van der Waals surface area contributed by atoms with Gasteiger partial charge in [0, 0.05) is 30.0 Å². The molecule has 0 radical (unpaired) electrons. The van der Waals surface area contributed by atoms with Crippen molar-refractivity contribution in [1.82, 2.24) is 0 Å². The molecule has 29 heavy (non-hydrogen) atoms. The lowest BCUT2D eigenvalue weighted by Gasteiger charge is -2.29. The molecular weight excluding hydrogens is 368 g/mol. The van der Waals surface area contributed by atoms with Crippen LogP contribution in [0.2, 0.25) is 0 Å². The lowest BCUT2D eigenvalue weighted by atomic mass is 10.1. The van der Waals surface area contributed by atoms with Gasteiger partial charge in [-0.2, -0.15) is 0 Å². The van der Waals surface area contributed by atoms with Crippen LogP contribution in [0.5, 0.6) is 0 Å². The highest BCUT2D eigenvalue weighted by Gasteiger charge is 2.15. The Morgan fingerprint density at radius 3 is 2.72 bits per heavy atom.